The second-order valence-corrected chi connectivity index (χ2v) is 9.72. The molecular formula is C23H34O9. The fourth-order valence-electron chi connectivity index (χ4n) is 6.00. The molecule has 0 radical (unpaired) electrons. The summed E-state index contributed by atoms with van der Waals surface area (Å²) in [7, 11) is 2.89. The highest BCUT2D eigenvalue weighted by atomic mass is 16.8. The summed E-state index contributed by atoms with van der Waals surface area (Å²) in [6, 6.07) is 0. The number of ether oxygens (including phenoxy) is 7. The molecule has 5 aliphatic rings. The highest BCUT2D eigenvalue weighted by molar-refractivity contribution is 5.72. The van der Waals surface area contributed by atoms with Gasteiger partial charge in [0.2, 0.25) is 0 Å². The van der Waals surface area contributed by atoms with Crippen LogP contribution in [0.2, 0.25) is 0 Å². The Bertz CT molecular complexity index is 683. The van der Waals surface area contributed by atoms with Crippen LogP contribution in [0.25, 0.3) is 0 Å². The first-order chi connectivity index (χ1) is 15.6. The lowest BCUT2D eigenvalue weighted by Gasteiger charge is -2.39. The highest BCUT2D eigenvalue weighted by Crippen LogP contribution is 2.44. The predicted molar refractivity (Wildman–Crippen MR) is 108 cm³/mol. The summed E-state index contributed by atoms with van der Waals surface area (Å²) < 4.78 is 40.6. The quantitative estimate of drug-likeness (QED) is 0.592. The zero-order valence-electron chi connectivity index (χ0n) is 18.8. The summed E-state index contributed by atoms with van der Waals surface area (Å²) >= 11 is 0. The molecule has 0 aromatic heterocycles. The third-order valence-electron chi connectivity index (χ3n) is 7.93. The van der Waals surface area contributed by atoms with Crippen LogP contribution in [0.3, 0.4) is 0 Å². The number of rotatable bonds is 4. The summed E-state index contributed by atoms with van der Waals surface area (Å²) in [6.45, 7) is 0.459. The topological polar surface area (TPSA) is 98.8 Å². The van der Waals surface area contributed by atoms with E-state index in [-0.39, 0.29) is 66.5 Å². The summed E-state index contributed by atoms with van der Waals surface area (Å²) in [5.74, 6) is 0.210. The third kappa shape index (κ3) is 4.30. The number of fused-ring (bicyclic) bond motifs is 3. The van der Waals surface area contributed by atoms with Gasteiger partial charge in [-0.3, -0.25) is 9.59 Å². The van der Waals surface area contributed by atoms with Crippen molar-refractivity contribution in [3.63, 3.8) is 0 Å². The fraction of sp³-hybridized carbons (Fsp3) is 0.913. The van der Waals surface area contributed by atoms with Gasteiger partial charge >= 0.3 is 11.9 Å². The Balaban J connectivity index is 1.13. The van der Waals surface area contributed by atoms with Gasteiger partial charge in [0.15, 0.2) is 18.9 Å². The average Bonchev–Trinajstić information content (AvgIpc) is 3.41. The van der Waals surface area contributed by atoms with Crippen molar-refractivity contribution in [3.8, 4) is 0 Å². The Morgan fingerprint density at radius 2 is 1.16 bits per heavy atom. The molecule has 32 heavy (non-hydrogen) atoms. The molecule has 5 rings (SSSR count). The third-order valence-corrected chi connectivity index (χ3v) is 7.93. The van der Waals surface area contributed by atoms with E-state index in [9.17, 15) is 9.59 Å². The molecule has 0 spiro atoms. The summed E-state index contributed by atoms with van der Waals surface area (Å²) in [4.78, 5) is 23.6. The number of esters is 2. The zero-order valence-corrected chi connectivity index (χ0v) is 18.8. The van der Waals surface area contributed by atoms with Crippen molar-refractivity contribution >= 4 is 11.9 Å². The minimum absolute atomic E-state index is 0.0200. The lowest BCUT2D eigenvalue weighted by atomic mass is 9.81. The van der Waals surface area contributed by atoms with Crippen molar-refractivity contribution in [2.45, 2.75) is 88.5 Å². The van der Waals surface area contributed by atoms with Gasteiger partial charge in [0, 0.05) is 11.8 Å². The molecule has 3 heterocycles. The zero-order chi connectivity index (χ0) is 22.2. The lowest BCUT2D eigenvalue weighted by molar-refractivity contribution is -0.289. The Kier molecular flexibility index (Phi) is 6.72. The maximum Gasteiger partial charge on any atom is 0.308 e. The smallest absolute Gasteiger partial charge is 0.308 e. The molecule has 3 aliphatic heterocycles. The molecule has 6 atom stereocenters. The van der Waals surface area contributed by atoms with Gasteiger partial charge in [-0.2, -0.15) is 0 Å². The monoisotopic (exact) mass is 454 g/mol. The number of methoxy groups -OCH3 is 2. The van der Waals surface area contributed by atoms with Gasteiger partial charge in [-0.1, -0.05) is 0 Å². The molecule has 0 aromatic carbocycles. The van der Waals surface area contributed by atoms with Crippen molar-refractivity contribution in [3.05, 3.63) is 0 Å². The molecule has 180 valence electrons. The number of carbonyl (C=O) groups excluding carboxylic acids is 2. The van der Waals surface area contributed by atoms with Crippen LogP contribution in [0.1, 0.15) is 51.4 Å². The van der Waals surface area contributed by atoms with E-state index >= 15 is 0 Å². The molecule has 6 unspecified atom stereocenters. The van der Waals surface area contributed by atoms with E-state index < -0.39 is 6.29 Å². The van der Waals surface area contributed by atoms with E-state index in [1.807, 2.05) is 0 Å². The van der Waals surface area contributed by atoms with Crippen LogP contribution < -0.4 is 0 Å². The lowest BCUT2D eigenvalue weighted by Crippen LogP contribution is -2.49. The first-order valence-electron chi connectivity index (χ1n) is 12.0. The Morgan fingerprint density at radius 3 is 1.72 bits per heavy atom. The van der Waals surface area contributed by atoms with Crippen LogP contribution in [0.15, 0.2) is 0 Å². The molecule has 3 saturated heterocycles. The van der Waals surface area contributed by atoms with Crippen LogP contribution >= 0.6 is 0 Å². The molecule has 0 bridgehead atoms. The van der Waals surface area contributed by atoms with Crippen LogP contribution in [-0.4, -0.2) is 69.9 Å². The van der Waals surface area contributed by atoms with Gasteiger partial charge in [0.05, 0.1) is 32.7 Å². The fourth-order valence-corrected chi connectivity index (χ4v) is 6.00. The van der Waals surface area contributed by atoms with Gasteiger partial charge in [0.25, 0.3) is 0 Å². The van der Waals surface area contributed by atoms with Crippen LogP contribution in [-0.2, 0) is 42.7 Å². The minimum atomic E-state index is -0.439. The Morgan fingerprint density at radius 1 is 0.625 bits per heavy atom. The number of hydrogen-bond acceptors (Lipinski definition) is 9. The van der Waals surface area contributed by atoms with Crippen LogP contribution in [0, 0.1) is 23.7 Å². The average molecular weight is 455 g/mol. The summed E-state index contributed by atoms with van der Waals surface area (Å²) in [6.07, 6.45) is 4.93. The molecule has 9 nitrogen and oxygen atoms in total. The summed E-state index contributed by atoms with van der Waals surface area (Å²) in [5.41, 5.74) is 0. The number of hydrogen-bond donors (Lipinski definition) is 0. The standard InChI is InChI=1S/C23H34O9/c1-26-19(24)12-3-7-14(8-4-12)21-28-11-16-17(30-21)18-23(29-16)32-22(31-18)15-9-5-13(6-10-15)20(25)27-2/h12-18,21-23H,3-11H2,1-2H3. The van der Waals surface area contributed by atoms with Crippen molar-refractivity contribution in [1.82, 2.24) is 0 Å². The van der Waals surface area contributed by atoms with Gasteiger partial charge < -0.3 is 33.2 Å². The second-order valence-electron chi connectivity index (χ2n) is 9.72. The van der Waals surface area contributed by atoms with E-state index in [0.29, 0.717) is 6.61 Å². The number of carbonyl (C=O) groups is 2. The van der Waals surface area contributed by atoms with E-state index in [1.54, 1.807) is 0 Å². The van der Waals surface area contributed by atoms with E-state index in [4.69, 9.17) is 33.2 Å². The van der Waals surface area contributed by atoms with Crippen LogP contribution in [0.5, 0.6) is 0 Å². The molecule has 2 saturated carbocycles. The SMILES string of the molecule is COC(=O)C1CCC(C2OCC3OC4OC(C5CCC(C(=O)OC)CC5)OC4C3O2)CC1. The molecule has 0 aromatic rings. The van der Waals surface area contributed by atoms with Crippen molar-refractivity contribution in [1.29, 1.82) is 0 Å². The molecular weight excluding hydrogens is 420 g/mol. The van der Waals surface area contributed by atoms with Crippen molar-refractivity contribution in [2.75, 3.05) is 20.8 Å². The molecule has 9 heteroatoms. The van der Waals surface area contributed by atoms with Gasteiger partial charge in [-0.15, -0.1) is 0 Å². The first kappa shape index (κ1) is 22.5. The maximum atomic E-state index is 11.8. The second kappa shape index (κ2) is 9.54. The summed E-state index contributed by atoms with van der Waals surface area (Å²) in [5, 5.41) is 0. The van der Waals surface area contributed by atoms with Gasteiger partial charge in [0.1, 0.15) is 18.3 Å². The van der Waals surface area contributed by atoms with E-state index in [2.05, 4.69) is 0 Å². The van der Waals surface area contributed by atoms with Gasteiger partial charge in [-0.25, -0.2) is 0 Å². The maximum absolute atomic E-state index is 11.8. The highest BCUT2D eigenvalue weighted by Gasteiger charge is 2.57. The van der Waals surface area contributed by atoms with Crippen molar-refractivity contribution in [2.24, 2.45) is 23.7 Å². The molecule has 0 amide bonds. The normalized spacial score (nSPS) is 46.2. The Hall–Kier alpha value is -1.26. The van der Waals surface area contributed by atoms with E-state index in [1.165, 1.54) is 14.2 Å². The Labute approximate surface area is 188 Å². The molecule has 2 aliphatic carbocycles. The van der Waals surface area contributed by atoms with Crippen LogP contribution in [0.4, 0.5) is 0 Å². The first-order valence-corrected chi connectivity index (χ1v) is 12.0. The van der Waals surface area contributed by atoms with Gasteiger partial charge in [-0.05, 0) is 51.4 Å². The van der Waals surface area contributed by atoms with E-state index in [0.717, 1.165) is 51.4 Å². The molecule has 5 fully saturated rings. The molecule has 0 N–H and O–H groups in total. The van der Waals surface area contributed by atoms with Crippen molar-refractivity contribution < 1.29 is 42.7 Å². The largest absolute Gasteiger partial charge is 0.469 e. The minimum Gasteiger partial charge on any atom is -0.469 e. The predicted octanol–water partition coefficient (Wildman–Crippen LogP) is 2.15.